The minimum Gasteiger partial charge on any atom is -0.340 e. The van der Waals surface area contributed by atoms with Crippen LogP contribution in [0.4, 0.5) is 0 Å². The number of aromatic nitrogens is 2. The van der Waals surface area contributed by atoms with Gasteiger partial charge in [0.2, 0.25) is 5.78 Å². The first-order valence-electron chi connectivity index (χ1n) is 8.41. The third kappa shape index (κ3) is 3.20. The topological polar surface area (TPSA) is 34.9 Å². The SMILES string of the molecule is Cc1ccc(C(=O)c2cccn2Cc2cnc3cccc(Br)c3c2)cc1. The van der Waals surface area contributed by atoms with Crippen LogP contribution < -0.4 is 0 Å². The smallest absolute Gasteiger partial charge is 0.209 e. The van der Waals surface area contributed by atoms with E-state index in [1.54, 1.807) is 0 Å². The molecule has 0 fully saturated rings. The Labute approximate surface area is 160 Å². The summed E-state index contributed by atoms with van der Waals surface area (Å²) in [6.07, 6.45) is 3.81. The summed E-state index contributed by atoms with van der Waals surface area (Å²) in [5, 5.41) is 1.07. The summed E-state index contributed by atoms with van der Waals surface area (Å²) in [4.78, 5) is 17.4. The minimum atomic E-state index is 0.0323. The first-order chi connectivity index (χ1) is 12.6. The van der Waals surface area contributed by atoms with Gasteiger partial charge in [0.25, 0.3) is 0 Å². The van der Waals surface area contributed by atoms with E-state index in [0.717, 1.165) is 26.5 Å². The van der Waals surface area contributed by atoms with Crippen LogP contribution in [0.2, 0.25) is 0 Å². The van der Waals surface area contributed by atoms with E-state index in [0.29, 0.717) is 17.8 Å². The molecule has 4 heteroatoms. The second kappa shape index (κ2) is 6.89. The third-order valence-electron chi connectivity index (χ3n) is 4.46. The van der Waals surface area contributed by atoms with E-state index in [-0.39, 0.29) is 5.78 Å². The van der Waals surface area contributed by atoms with Gasteiger partial charge in [-0.2, -0.15) is 0 Å². The van der Waals surface area contributed by atoms with Crippen LogP contribution >= 0.6 is 15.9 Å². The van der Waals surface area contributed by atoms with Gasteiger partial charge in [0, 0.05) is 34.4 Å². The lowest BCUT2D eigenvalue weighted by molar-refractivity contribution is 0.103. The van der Waals surface area contributed by atoms with Crippen molar-refractivity contribution in [2.75, 3.05) is 0 Å². The van der Waals surface area contributed by atoms with E-state index in [1.807, 2.05) is 78.5 Å². The van der Waals surface area contributed by atoms with Crippen molar-refractivity contribution in [3.05, 3.63) is 99.9 Å². The van der Waals surface area contributed by atoms with Gasteiger partial charge < -0.3 is 4.57 Å². The van der Waals surface area contributed by atoms with Crippen LogP contribution in [-0.4, -0.2) is 15.3 Å². The van der Waals surface area contributed by atoms with Gasteiger partial charge >= 0.3 is 0 Å². The van der Waals surface area contributed by atoms with Crippen molar-refractivity contribution in [1.82, 2.24) is 9.55 Å². The van der Waals surface area contributed by atoms with Gasteiger partial charge in [0.15, 0.2) is 0 Å². The van der Waals surface area contributed by atoms with Crippen LogP contribution in [0.5, 0.6) is 0 Å². The molecule has 0 unspecified atom stereocenters. The van der Waals surface area contributed by atoms with Gasteiger partial charge in [0.1, 0.15) is 0 Å². The molecule has 2 aromatic heterocycles. The molecule has 0 N–H and O–H groups in total. The van der Waals surface area contributed by atoms with Crippen molar-refractivity contribution >= 4 is 32.6 Å². The fourth-order valence-corrected chi connectivity index (χ4v) is 3.52. The highest BCUT2D eigenvalue weighted by Crippen LogP contribution is 2.24. The molecule has 0 saturated heterocycles. The Bertz CT molecular complexity index is 1100. The molecule has 0 aliphatic rings. The number of hydrogen-bond donors (Lipinski definition) is 0. The van der Waals surface area contributed by atoms with E-state index < -0.39 is 0 Å². The Morgan fingerprint density at radius 2 is 1.88 bits per heavy atom. The first-order valence-corrected chi connectivity index (χ1v) is 9.21. The molecule has 4 aromatic rings. The molecule has 0 amide bonds. The van der Waals surface area contributed by atoms with Gasteiger partial charge in [0.05, 0.1) is 11.2 Å². The Morgan fingerprint density at radius 1 is 1.08 bits per heavy atom. The molecular formula is C22H17BrN2O. The predicted octanol–water partition coefficient (Wildman–Crippen LogP) is 5.39. The molecule has 2 heterocycles. The van der Waals surface area contributed by atoms with Crippen LogP contribution in [-0.2, 0) is 6.54 Å². The first kappa shape index (κ1) is 16.7. The molecule has 3 nitrogen and oxygen atoms in total. The predicted molar refractivity (Wildman–Crippen MR) is 108 cm³/mol. The molecule has 0 bridgehead atoms. The number of nitrogens with zero attached hydrogens (tertiary/aromatic N) is 2. The monoisotopic (exact) mass is 404 g/mol. The fourth-order valence-electron chi connectivity index (χ4n) is 3.05. The molecule has 0 spiro atoms. The Balaban J connectivity index is 1.66. The number of rotatable bonds is 4. The lowest BCUT2D eigenvalue weighted by Gasteiger charge is -2.10. The molecule has 26 heavy (non-hydrogen) atoms. The molecule has 0 aliphatic carbocycles. The van der Waals surface area contributed by atoms with E-state index in [2.05, 4.69) is 27.0 Å². The Kier molecular flexibility index (Phi) is 4.43. The van der Waals surface area contributed by atoms with Crippen LogP contribution in [0.3, 0.4) is 0 Å². The summed E-state index contributed by atoms with van der Waals surface area (Å²) in [6.45, 7) is 2.62. The second-order valence-electron chi connectivity index (χ2n) is 6.37. The molecule has 0 atom stereocenters. The number of carbonyl (C=O) groups is 1. The number of halogens is 1. The zero-order valence-electron chi connectivity index (χ0n) is 14.3. The Morgan fingerprint density at radius 3 is 2.69 bits per heavy atom. The summed E-state index contributed by atoms with van der Waals surface area (Å²) in [5.41, 5.74) is 4.53. The zero-order valence-corrected chi connectivity index (χ0v) is 15.9. The number of hydrogen-bond acceptors (Lipinski definition) is 2. The van der Waals surface area contributed by atoms with Crippen molar-refractivity contribution in [2.45, 2.75) is 13.5 Å². The van der Waals surface area contributed by atoms with Crippen LogP contribution in [0.25, 0.3) is 10.9 Å². The quantitative estimate of drug-likeness (QED) is 0.427. The summed E-state index contributed by atoms with van der Waals surface area (Å²) in [7, 11) is 0. The summed E-state index contributed by atoms with van der Waals surface area (Å²) >= 11 is 3.58. The van der Waals surface area contributed by atoms with E-state index in [1.165, 1.54) is 0 Å². The molecular weight excluding hydrogens is 388 g/mol. The number of fused-ring (bicyclic) bond motifs is 1. The number of pyridine rings is 1. The molecule has 2 aromatic carbocycles. The maximum Gasteiger partial charge on any atom is 0.209 e. The van der Waals surface area contributed by atoms with E-state index in [4.69, 9.17) is 0 Å². The molecule has 0 radical (unpaired) electrons. The van der Waals surface area contributed by atoms with Crippen LogP contribution in [0, 0.1) is 6.92 Å². The van der Waals surface area contributed by atoms with Crippen molar-refractivity contribution in [1.29, 1.82) is 0 Å². The van der Waals surface area contributed by atoms with Crippen molar-refractivity contribution in [3.8, 4) is 0 Å². The van der Waals surface area contributed by atoms with E-state index >= 15 is 0 Å². The minimum absolute atomic E-state index is 0.0323. The van der Waals surface area contributed by atoms with Crippen LogP contribution in [0.15, 0.2) is 77.5 Å². The molecule has 0 saturated carbocycles. The van der Waals surface area contributed by atoms with Gasteiger partial charge in [-0.1, -0.05) is 51.8 Å². The normalized spacial score (nSPS) is 11.0. The summed E-state index contributed by atoms with van der Waals surface area (Å²) < 4.78 is 3.00. The summed E-state index contributed by atoms with van der Waals surface area (Å²) in [6, 6.07) is 19.6. The van der Waals surface area contributed by atoms with Crippen molar-refractivity contribution in [3.63, 3.8) is 0 Å². The highest BCUT2D eigenvalue weighted by Gasteiger charge is 2.14. The van der Waals surface area contributed by atoms with Gasteiger partial charge in [-0.05, 0) is 42.8 Å². The molecule has 4 rings (SSSR count). The highest BCUT2D eigenvalue weighted by molar-refractivity contribution is 9.10. The van der Waals surface area contributed by atoms with Gasteiger partial charge in [-0.15, -0.1) is 0 Å². The number of carbonyl (C=O) groups excluding carboxylic acids is 1. The molecule has 0 aliphatic heterocycles. The van der Waals surface area contributed by atoms with Gasteiger partial charge in [-0.3, -0.25) is 9.78 Å². The number of aryl methyl sites for hydroxylation is 1. The largest absolute Gasteiger partial charge is 0.340 e. The van der Waals surface area contributed by atoms with E-state index in [9.17, 15) is 4.79 Å². The average Bonchev–Trinajstić information content (AvgIpc) is 3.10. The zero-order chi connectivity index (χ0) is 18.1. The fraction of sp³-hybridized carbons (Fsp3) is 0.0909. The lowest BCUT2D eigenvalue weighted by Crippen LogP contribution is -2.10. The third-order valence-corrected chi connectivity index (χ3v) is 5.15. The van der Waals surface area contributed by atoms with Crippen molar-refractivity contribution < 1.29 is 4.79 Å². The number of ketones is 1. The average molecular weight is 405 g/mol. The number of benzene rings is 2. The van der Waals surface area contributed by atoms with Crippen LogP contribution in [0.1, 0.15) is 27.2 Å². The standard InChI is InChI=1S/C22H17BrN2O/c1-15-7-9-17(10-8-15)22(26)21-6-3-11-25(21)14-16-12-18-19(23)4-2-5-20(18)24-13-16/h2-13H,14H2,1H3. The Hall–Kier alpha value is -2.72. The summed E-state index contributed by atoms with van der Waals surface area (Å²) in [5.74, 6) is 0.0323. The maximum absolute atomic E-state index is 12.9. The maximum atomic E-state index is 12.9. The lowest BCUT2D eigenvalue weighted by atomic mass is 10.1. The second-order valence-corrected chi connectivity index (χ2v) is 7.22. The highest BCUT2D eigenvalue weighted by atomic mass is 79.9. The van der Waals surface area contributed by atoms with Gasteiger partial charge in [-0.25, -0.2) is 0 Å². The van der Waals surface area contributed by atoms with Crippen molar-refractivity contribution in [2.24, 2.45) is 0 Å². The molecule has 128 valence electrons.